The quantitative estimate of drug-likeness (QED) is 0.808. The number of carbonyl (C=O) groups excluding carboxylic acids is 1. The van der Waals surface area contributed by atoms with Crippen LogP contribution in [0.4, 0.5) is 5.69 Å². The van der Waals surface area contributed by atoms with Crippen LogP contribution in [0.15, 0.2) is 65.7 Å². The van der Waals surface area contributed by atoms with Gasteiger partial charge in [0.25, 0.3) is 5.91 Å². The number of pyridine rings is 1. The molecule has 0 radical (unpaired) electrons. The summed E-state index contributed by atoms with van der Waals surface area (Å²) in [5, 5.41) is 3.79. The standard InChI is InChI=1S/C17H14N2O2S/c1-22(21)15-8-6-12(7-9-15)17(20)19-14-10-13-4-2-3-5-16(13)18-11-14/h2-11H,1H3,(H,19,20). The van der Waals surface area contributed by atoms with Crippen LogP contribution >= 0.6 is 0 Å². The number of hydrogen-bond acceptors (Lipinski definition) is 3. The minimum absolute atomic E-state index is 0.217. The van der Waals surface area contributed by atoms with Gasteiger partial charge in [-0.15, -0.1) is 0 Å². The van der Waals surface area contributed by atoms with E-state index in [2.05, 4.69) is 10.3 Å². The summed E-state index contributed by atoms with van der Waals surface area (Å²) < 4.78 is 11.3. The minimum atomic E-state index is -1.05. The molecule has 1 heterocycles. The lowest BCUT2D eigenvalue weighted by atomic mass is 10.2. The number of amides is 1. The van der Waals surface area contributed by atoms with E-state index >= 15 is 0 Å². The number of nitrogens with one attached hydrogen (secondary N) is 1. The monoisotopic (exact) mass is 310 g/mol. The molecule has 1 amide bonds. The van der Waals surface area contributed by atoms with Crippen molar-refractivity contribution in [1.29, 1.82) is 0 Å². The molecule has 1 unspecified atom stereocenters. The van der Waals surface area contributed by atoms with Crippen LogP contribution < -0.4 is 5.32 Å². The highest BCUT2D eigenvalue weighted by molar-refractivity contribution is 7.84. The molecule has 1 N–H and O–H groups in total. The third kappa shape index (κ3) is 3.04. The van der Waals surface area contributed by atoms with Crippen molar-refractivity contribution in [3.63, 3.8) is 0 Å². The largest absolute Gasteiger partial charge is 0.321 e. The molecule has 4 nitrogen and oxygen atoms in total. The molecular weight excluding hydrogens is 296 g/mol. The third-order valence-electron chi connectivity index (χ3n) is 3.30. The van der Waals surface area contributed by atoms with Gasteiger partial charge in [0.1, 0.15) is 0 Å². The van der Waals surface area contributed by atoms with Crippen LogP contribution in [0, 0.1) is 0 Å². The summed E-state index contributed by atoms with van der Waals surface area (Å²) in [5.74, 6) is -0.217. The number of anilines is 1. The Morgan fingerprint density at radius 1 is 1.09 bits per heavy atom. The molecule has 5 heteroatoms. The number of fused-ring (bicyclic) bond motifs is 1. The second kappa shape index (κ2) is 6.07. The first-order valence-corrected chi connectivity index (χ1v) is 8.29. The van der Waals surface area contributed by atoms with Crippen LogP contribution in [0.25, 0.3) is 10.9 Å². The number of nitrogens with zero attached hydrogens (tertiary/aromatic N) is 1. The molecule has 3 aromatic rings. The lowest BCUT2D eigenvalue weighted by Gasteiger charge is -2.06. The van der Waals surface area contributed by atoms with Crippen LogP contribution in [0.3, 0.4) is 0 Å². The Morgan fingerprint density at radius 3 is 2.55 bits per heavy atom. The Labute approximate surface area is 130 Å². The second-order valence-electron chi connectivity index (χ2n) is 4.85. The molecule has 1 aromatic heterocycles. The highest BCUT2D eigenvalue weighted by Crippen LogP contribution is 2.17. The molecule has 0 bridgehead atoms. The van der Waals surface area contributed by atoms with E-state index in [1.807, 2.05) is 30.3 Å². The SMILES string of the molecule is CS(=O)c1ccc(C(=O)Nc2cnc3ccccc3c2)cc1. The van der Waals surface area contributed by atoms with Gasteiger partial charge in [-0.1, -0.05) is 18.2 Å². The fraction of sp³-hybridized carbons (Fsp3) is 0.0588. The molecule has 0 aliphatic rings. The molecule has 0 fully saturated rings. The van der Waals surface area contributed by atoms with Crippen molar-refractivity contribution in [3.05, 3.63) is 66.4 Å². The Balaban J connectivity index is 1.81. The number of para-hydroxylation sites is 1. The predicted octanol–water partition coefficient (Wildman–Crippen LogP) is 3.22. The van der Waals surface area contributed by atoms with Gasteiger partial charge in [-0.2, -0.15) is 0 Å². The molecule has 110 valence electrons. The summed E-state index contributed by atoms with van der Waals surface area (Å²) in [6.45, 7) is 0. The molecule has 0 aliphatic carbocycles. The van der Waals surface area contributed by atoms with Crippen molar-refractivity contribution in [2.24, 2.45) is 0 Å². The third-order valence-corrected chi connectivity index (χ3v) is 4.23. The van der Waals surface area contributed by atoms with E-state index in [1.54, 1.807) is 36.7 Å². The zero-order valence-electron chi connectivity index (χ0n) is 11.9. The van der Waals surface area contributed by atoms with Crippen LogP contribution in [-0.4, -0.2) is 21.4 Å². The smallest absolute Gasteiger partial charge is 0.255 e. The molecule has 0 aliphatic heterocycles. The fourth-order valence-corrected chi connectivity index (χ4v) is 2.66. The van der Waals surface area contributed by atoms with Gasteiger partial charge in [-0.25, -0.2) is 0 Å². The maximum absolute atomic E-state index is 12.2. The zero-order chi connectivity index (χ0) is 15.5. The second-order valence-corrected chi connectivity index (χ2v) is 6.23. The molecule has 0 saturated heterocycles. The van der Waals surface area contributed by atoms with Gasteiger partial charge in [-0.3, -0.25) is 14.0 Å². The van der Waals surface area contributed by atoms with Crippen molar-refractivity contribution in [2.45, 2.75) is 4.90 Å². The van der Waals surface area contributed by atoms with Crippen LogP contribution in [0.5, 0.6) is 0 Å². The Bertz CT molecular complexity index is 860. The van der Waals surface area contributed by atoms with E-state index in [9.17, 15) is 9.00 Å². The van der Waals surface area contributed by atoms with Crippen molar-refractivity contribution >= 4 is 33.3 Å². The van der Waals surface area contributed by atoms with Crippen molar-refractivity contribution in [3.8, 4) is 0 Å². The summed E-state index contributed by atoms with van der Waals surface area (Å²) in [5.41, 5.74) is 2.05. The predicted molar refractivity (Wildman–Crippen MR) is 88.5 cm³/mol. The fourth-order valence-electron chi connectivity index (χ4n) is 2.14. The Kier molecular flexibility index (Phi) is 3.98. The average Bonchev–Trinajstić information content (AvgIpc) is 2.55. The van der Waals surface area contributed by atoms with Gasteiger partial charge in [0, 0.05) is 32.9 Å². The van der Waals surface area contributed by atoms with Crippen molar-refractivity contribution < 1.29 is 9.00 Å². The lowest BCUT2D eigenvalue weighted by Crippen LogP contribution is -2.12. The van der Waals surface area contributed by atoms with Crippen LogP contribution in [0.2, 0.25) is 0 Å². The highest BCUT2D eigenvalue weighted by atomic mass is 32.2. The van der Waals surface area contributed by atoms with E-state index in [0.29, 0.717) is 16.1 Å². The summed E-state index contributed by atoms with van der Waals surface area (Å²) in [4.78, 5) is 17.2. The molecule has 22 heavy (non-hydrogen) atoms. The van der Waals surface area contributed by atoms with Gasteiger partial charge in [-0.05, 0) is 36.4 Å². The minimum Gasteiger partial charge on any atom is -0.321 e. The maximum atomic E-state index is 12.2. The van der Waals surface area contributed by atoms with Crippen molar-refractivity contribution in [1.82, 2.24) is 4.98 Å². The molecule has 2 aromatic carbocycles. The molecular formula is C17H14N2O2S. The maximum Gasteiger partial charge on any atom is 0.255 e. The lowest BCUT2D eigenvalue weighted by molar-refractivity contribution is 0.102. The number of hydrogen-bond donors (Lipinski definition) is 1. The topological polar surface area (TPSA) is 59.1 Å². The van der Waals surface area contributed by atoms with Gasteiger partial charge in [0.05, 0.1) is 17.4 Å². The first kappa shape index (κ1) is 14.4. The highest BCUT2D eigenvalue weighted by Gasteiger charge is 2.07. The van der Waals surface area contributed by atoms with Crippen molar-refractivity contribution in [2.75, 3.05) is 11.6 Å². The van der Waals surface area contributed by atoms with Crippen LogP contribution in [-0.2, 0) is 10.8 Å². The summed E-state index contributed by atoms with van der Waals surface area (Å²) >= 11 is 0. The summed E-state index contributed by atoms with van der Waals surface area (Å²) in [6, 6.07) is 16.3. The van der Waals surface area contributed by atoms with Gasteiger partial charge >= 0.3 is 0 Å². The summed E-state index contributed by atoms with van der Waals surface area (Å²) in [7, 11) is -1.05. The van der Waals surface area contributed by atoms with Crippen LogP contribution in [0.1, 0.15) is 10.4 Å². The summed E-state index contributed by atoms with van der Waals surface area (Å²) in [6.07, 6.45) is 3.24. The average molecular weight is 310 g/mol. The van der Waals surface area contributed by atoms with E-state index in [4.69, 9.17) is 0 Å². The van der Waals surface area contributed by atoms with Gasteiger partial charge in [0.15, 0.2) is 0 Å². The molecule has 0 spiro atoms. The number of benzene rings is 2. The molecule has 0 saturated carbocycles. The van der Waals surface area contributed by atoms with E-state index < -0.39 is 10.8 Å². The first-order chi connectivity index (χ1) is 10.6. The number of aromatic nitrogens is 1. The van der Waals surface area contributed by atoms with E-state index in [1.165, 1.54) is 0 Å². The van der Waals surface area contributed by atoms with E-state index in [-0.39, 0.29) is 5.91 Å². The first-order valence-electron chi connectivity index (χ1n) is 6.73. The van der Waals surface area contributed by atoms with E-state index in [0.717, 1.165) is 10.9 Å². The number of rotatable bonds is 3. The normalized spacial score (nSPS) is 12.0. The Morgan fingerprint density at radius 2 is 1.82 bits per heavy atom. The zero-order valence-corrected chi connectivity index (χ0v) is 12.8. The Hall–Kier alpha value is -2.53. The van der Waals surface area contributed by atoms with Gasteiger partial charge in [0.2, 0.25) is 0 Å². The van der Waals surface area contributed by atoms with Gasteiger partial charge < -0.3 is 5.32 Å². The number of carbonyl (C=O) groups is 1. The molecule has 3 rings (SSSR count). The molecule has 1 atom stereocenters.